The van der Waals surface area contributed by atoms with Gasteiger partial charge in [-0.05, 0) is 86.2 Å². The van der Waals surface area contributed by atoms with Crippen LogP contribution in [-0.2, 0) is 22.2 Å². The number of ether oxygens (including phenoxy) is 2. The van der Waals surface area contributed by atoms with Crippen LogP contribution in [-0.4, -0.2) is 95.3 Å². The number of rotatable bonds is 11. The molecule has 2 atom stereocenters. The molecule has 0 spiro atoms. The molecule has 3 saturated heterocycles. The summed E-state index contributed by atoms with van der Waals surface area (Å²) in [6.45, 7) is 5.61. The van der Waals surface area contributed by atoms with Crippen molar-refractivity contribution in [2.45, 2.75) is 81.4 Å². The monoisotopic (exact) mass is 960 g/mol. The first-order valence-corrected chi connectivity index (χ1v) is 24.1. The molecule has 5 aliphatic rings. The fourth-order valence-corrected chi connectivity index (χ4v) is 11.6. The van der Waals surface area contributed by atoms with Gasteiger partial charge in [-0.15, -0.1) is 0 Å². The molecule has 4 aliphatic heterocycles. The second-order valence-electron chi connectivity index (χ2n) is 19.0. The van der Waals surface area contributed by atoms with Crippen molar-refractivity contribution >= 4 is 52.1 Å². The van der Waals surface area contributed by atoms with E-state index in [1.54, 1.807) is 4.68 Å². The molecular weight excluding hydrogens is 906 g/mol. The molecule has 69 heavy (non-hydrogen) atoms. The number of carbonyl (C=O) groups is 4. The van der Waals surface area contributed by atoms with Gasteiger partial charge in [0.05, 0.1) is 23.2 Å². The molecule has 4 fully saturated rings. The van der Waals surface area contributed by atoms with Crippen molar-refractivity contribution in [1.82, 2.24) is 30.2 Å². The minimum absolute atomic E-state index is 0.0236. The van der Waals surface area contributed by atoms with E-state index in [-0.39, 0.29) is 63.4 Å². The van der Waals surface area contributed by atoms with E-state index in [2.05, 4.69) is 37.7 Å². The highest BCUT2D eigenvalue weighted by molar-refractivity contribution is 6.34. The number of anilines is 1. The minimum atomic E-state index is -1.18. The fourth-order valence-electron chi connectivity index (χ4n) is 11.3. The van der Waals surface area contributed by atoms with Gasteiger partial charge < -0.3 is 25.4 Å². The van der Waals surface area contributed by atoms with Crippen LogP contribution < -0.4 is 30.7 Å². The van der Waals surface area contributed by atoms with Crippen molar-refractivity contribution < 1.29 is 37.4 Å². The Morgan fingerprint density at radius 3 is 2.41 bits per heavy atom. The van der Waals surface area contributed by atoms with Gasteiger partial charge in [0.25, 0.3) is 0 Å². The maximum atomic E-state index is 16.2. The van der Waals surface area contributed by atoms with Gasteiger partial charge in [0.15, 0.2) is 23.0 Å². The molecule has 0 bridgehead atoms. The number of piperidine rings is 1. The van der Waals surface area contributed by atoms with E-state index >= 15 is 8.78 Å². The number of amides is 5. The SMILES string of the molecule is COc1ccc(C(N)=O)c(-c2c(Cl)c(F)cc3c2[C@H](C)[C@@](/C=C\NC2CCC(C(=O)N4CCC(N5CC(c6ccc7c(N8CCC(=O)NC8=O)nn(C)c7c6)C5)CC4)CC2)(c2ccccc2)O3)c1F. The van der Waals surface area contributed by atoms with Crippen molar-refractivity contribution in [2.75, 3.05) is 44.7 Å². The lowest BCUT2D eigenvalue weighted by atomic mass is 9.77. The van der Waals surface area contributed by atoms with Crippen molar-refractivity contribution in [3.63, 3.8) is 0 Å². The van der Waals surface area contributed by atoms with Gasteiger partial charge in [0, 0.05) is 104 Å². The standard InChI is InChI=1S/C52H55ClF2N8O6/c1-29-43-41(26-38(54)46(53)45(43)44-37(48(56)65)15-16-40(68-3)47(44)55)69-52(29,33-7-5-4-6-8-33)20-21-57-34-12-9-30(10-13-34)50(66)61-22-17-35(18-23-61)62-27-32(28-62)31-11-14-36-39(25-31)60(2)59-49(36)63-24-19-42(64)58-51(63)67/h4-8,11,14-16,20-21,25-26,29-30,32,34-35,57H,9-10,12-13,17-19,22-24,27-28H2,1-3H3,(H2,56,65)(H,58,64,67)/b21-20-/t29-,30?,34?,52-/m0/s1. The summed E-state index contributed by atoms with van der Waals surface area (Å²) in [5.74, 6) is -2.33. The highest BCUT2D eigenvalue weighted by atomic mass is 35.5. The van der Waals surface area contributed by atoms with E-state index < -0.39 is 35.1 Å². The van der Waals surface area contributed by atoms with Gasteiger partial charge >= 0.3 is 6.03 Å². The molecule has 5 amide bonds. The zero-order valence-electron chi connectivity index (χ0n) is 38.8. The van der Waals surface area contributed by atoms with Crippen LogP contribution in [0.25, 0.3) is 22.0 Å². The summed E-state index contributed by atoms with van der Waals surface area (Å²) in [5.41, 5.74) is 7.47. The molecule has 10 rings (SSSR count). The van der Waals surface area contributed by atoms with Crippen LogP contribution >= 0.6 is 11.6 Å². The Kier molecular flexibility index (Phi) is 12.3. The number of benzene rings is 4. The first kappa shape index (κ1) is 46.2. The second kappa shape index (κ2) is 18.4. The summed E-state index contributed by atoms with van der Waals surface area (Å²) in [4.78, 5) is 56.9. The first-order chi connectivity index (χ1) is 33.3. The molecule has 0 unspecified atom stereocenters. The lowest BCUT2D eigenvalue weighted by Gasteiger charge is -2.47. The number of imide groups is 1. The molecule has 5 aromatic rings. The van der Waals surface area contributed by atoms with E-state index in [1.807, 2.05) is 62.6 Å². The molecule has 4 aromatic carbocycles. The molecule has 17 heteroatoms. The number of nitrogens with zero attached hydrogens (tertiary/aromatic N) is 5. The maximum Gasteiger partial charge on any atom is 0.329 e. The number of nitrogens with two attached hydrogens (primary N) is 1. The third-order valence-electron chi connectivity index (χ3n) is 15.2. The van der Waals surface area contributed by atoms with E-state index in [9.17, 15) is 19.2 Å². The lowest BCUT2D eigenvalue weighted by molar-refractivity contribution is -0.138. The highest BCUT2D eigenvalue weighted by Crippen LogP contribution is 2.57. The quantitative estimate of drug-likeness (QED) is 0.120. The van der Waals surface area contributed by atoms with Gasteiger partial charge in [-0.25, -0.2) is 13.6 Å². The van der Waals surface area contributed by atoms with Crippen LogP contribution in [0.3, 0.4) is 0 Å². The number of primary amides is 1. The van der Waals surface area contributed by atoms with Crippen LogP contribution in [0.15, 0.2) is 79.0 Å². The molecule has 1 saturated carbocycles. The minimum Gasteiger partial charge on any atom is -0.494 e. The third kappa shape index (κ3) is 8.24. The average molecular weight is 962 g/mol. The Hall–Kier alpha value is -6.52. The number of aromatic nitrogens is 2. The van der Waals surface area contributed by atoms with E-state index in [0.717, 1.165) is 81.2 Å². The van der Waals surface area contributed by atoms with Crippen LogP contribution in [0.1, 0.15) is 90.8 Å². The summed E-state index contributed by atoms with van der Waals surface area (Å²) in [6, 6.07) is 19.7. The number of carbonyl (C=O) groups excluding carboxylic acids is 4. The number of urea groups is 1. The molecule has 1 aliphatic carbocycles. The van der Waals surface area contributed by atoms with Crippen molar-refractivity contribution in [3.05, 3.63) is 118 Å². The smallest absolute Gasteiger partial charge is 0.329 e. The molecule has 4 N–H and O–H groups in total. The van der Waals surface area contributed by atoms with E-state index in [0.29, 0.717) is 29.9 Å². The first-order valence-electron chi connectivity index (χ1n) is 23.7. The van der Waals surface area contributed by atoms with Crippen LogP contribution in [0.2, 0.25) is 5.02 Å². The van der Waals surface area contributed by atoms with Gasteiger partial charge in [0.2, 0.25) is 17.7 Å². The molecule has 1 aromatic heterocycles. The number of aryl methyl sites for hydroxylation is 1. The number of nitrogens with one attached hydrogen (secondary N) is 2. The lowest BCUT2D eigenvalue weighted by Crippen LogP contribution is -2.55. The van der Waals surface area contributed by atoms with Gasteiger partial charge in [-0.3, -0.25) is 34.2 Å². The Bertz CT molecular complexity index is 2890. The van der Waals surface area contributed by atoms with Crippen LogP contribution in [0.5, 0.6) is 11.5 Å². The Labute approximate surface area is 403 Å². The molecule has 14 nitrogen and oxygen atoms in total. The van der Waals surface area contributed by atoms with Crippen LogP contribution in [0.4, 0.5) is 19.4 Å². The van der Waals surface area contributed by atoms with E-state index in [1.165, 1.54) is 35.8 Å². The number of likely N-dealkylation sites (tertiary alicyclic amines) is 2. The molecule has 360 valence electrons. The predicted octanol–water partition coefficient (Wildman–Crippen LogP) is 7.87. The van der Waals surface area contributed by atoms with Crippen molar-refractivity contribution in [3.8, 4) is 22.6 Å². The number of hydrogen-bond donors (Lipinski definition) is 3. The highest BCUT2D eigenvalue weighted by Gasteiger charge is 2.49. The summed E-state index contributed by atoms with van der Waals surface area (Å²) < 4.78 is 45.7. The maximum absolute atomic E-state index is 16.2. The average Bonchev–Trinajstić information content (AvgIpc) is 3.81. The topological polar surface area (TPSA) is 164 Å². The summed E-state index contributed by atoms with van der Waals surface area (Å²) in [6.07, 6.45) is 9.04. The van der Waals surface area contributed by atoms with Crippen LogP contribution in [0, 0.1) is 17.6 Å². The van der Waals surface area contributed by atoms with Gasteiger partial charge in [-0.1, -0.05) is 54.9 Å². The zero-order chi connectivity index (χ0) is 48.3. The van der Waals surface area contributed by atoms with Crippen molar-refractivity contribution in [2.24, 2.45) is 18.7 Å². The Balaban J connectivity index is 0.750. The number of fused-ring (bicyclic) bond motifs is 2. The summed E-state index contributed by atoms with van der Waals surface area (Å²) >= 11 is 6.67. The van der Waals surface area contributed by atoms with Crippen molar-refractivity contribution in [1.29, 1.82) is 0 Å². The van der Waals surface area contributed by atoms with Gasteiger partial charge in [0.1, 0.15) is 11.6 Å². The zero-order valence-corrected chi connectivity index (χ0v) is 39.5. The molecule has 0 radical (unpaired) electrons. The third-order valence-corrected chi connectivity index (χ3v) is 15.6. The fraction of sp³-hybridized carbons (Fsp3) is 0.404. The summed E-state index contributed by atoms with van der Waals surface area (Å²) in [7, 11) is 3.17. The second-order valence-corrected chi connectivity index (χ2v) is 19.4. The largest absolute Gasteiger partial charge is 0.494 e. The van der Waals surface area contributed by atoms with E-state index in [4.69, 9.17) is 26.8 Å². The Morgan fingerprint density at radius 1 is 0.971 bits per heavy atom. The number of halogens is 3. The number of hydrogen-bond acceptors (Lipinski definition) is 9. The Morgan fingerprint density at radius 2 is 1.71 bits per heavy atom. The molecular formula is C52H55ClF2N8O6. The summed E-state index contributed by atoms with van der Waals surface area (Å²) in [5, 5.41) is 11.1. The van der Waals surface area contributed by atoms with Gasteiger partial charge in [-0.2, -0.15) is 5.10 Å². The predicted molar refractivity (Wildman–Crippen MR) is 257 cm³/mol. The molecule has 5 heterocycles. The normalized spacial score (nSPS) is 23.5. The number of methoxy groups -OCH3 is 1.